The number of nitrogens with one attached hydrogen (secondary N) is 1. The van der Waals surface area contributed by atoms with E-state index in [-0.39, 0.29) is 11.8 Å². The molecule has 2 aromatic rings. The number of allylic oxidation sites excluding steroid dienone is 1. The molecule has 2 aliphatic rings. The zero-order valence-corrected chi connectivity index (χ0v) is 14.8. The van der Waals surface area contributed by atoms with Crippen LogP contribution in [0.15, 0.2) is 61.2 Å². The van der Waals surface area contributed by atoms with E-state index in [2.05, 4.69) is 37.5 Å². The quantitative estimate of drug-likeness (QED) is 0.857. The number of benzene rings is 1. The SMILES string of the molecule is COc1ccc(Br)c(C2=C(C#N)C(c3ccco3)C3C=NNC3=N2)c1. The largest absolute Gasteiger partial charge is 0.497 e. The number of rotatable bonds is 3. The lowest BCUT2D eigenvalue weighted by Gasteiger charge is -2.26. The lowest BCUT2D eigenvalue weighted by Crippen LogP contribution is -2.30. The Hall–Kier alpha value is -2.85. The Bertz CT molecular complexity index is 954. The number of ether oxygens (including phenoxy) is 1. The molecule has 2 aliphatic heterocycles. The summed E-state index contributed by atoms with van der Waals surface area (Å²) in [6, 6.07) is 11.6. The van der Waals surface area contributed by atoms with Gasteiger partial charge in [0.1, 0.15) is 17.3 Å². The van der Waals surface area contributed by atoms with E-state index in [0.717, 1.165) is 10.0 Å². The number of halogens is 1. The van der Waals surface area contributed by atoms with Crippen LogP contribution in [0.25, 0.3) is 5.70 Å². The maximum absolute atomic E-state index is 9.90. The van der Waals surface area contributed by atoms with Gasteiger partial charge in [-0.05, 0) is 30.3 Å². The van der Waals surface area contributed by atoms with Crippen molar-refractivity contribution < 1.29 is 9.15 Å². The van der Waals surface area contributed by atoms with E-state index in [9.17, 15) is 5.26 Å². The van der Waals surface area contributed by atoms with Crippen molar-refractivity contribution in [2.45, 2.75) is 5.92 Å². The predicted molar refractivity (Wildman–Crippen MR) is 97.2 cm³/mol. The molecule has 124 valence electrons. The smallest absolute Gasteiger partial charge is 0.132 e. The van der Waals surface area contributed by atoms with Crippen LogP contribution in [-0.4, -0.2) is 19.2 Å². The van der Waals surface area contributed by atoms with Crippen molar-refractivity contribution in [2.24, 2.45) is 16.0 Å². The van der Waals surface area contributed by atoms with E-state index in [1.807, 2.05) is 30.3 Å². The molecular weight excluding hydrogens is 384 g/mol. The van der Waals surface area contributed by atoms with Gasteiger partial charge < -0.3 is 9.15 Å². The summed E-state index contributed by atoms with van der Waals surface area (Å²) in [6.07, 6.45) is 3.37. The minimum atomic E-state index is -0.278. The molecule has 0 radical (unpaired) electrons. The monoisotopic (exact) mass is 396 g/mol. The minimum absolute atomic E-state index is 0.145. The van der Waals surface area contributed by atoms with E-state index in [1.54, 1.807) is 19.6 Å². The summed E-state index contributed by atoms with van der Waals surface area (Å²) in [5, 5.41) is 14.0. The summed E-state index contributed by atoms with van der Waals surface area (Å²) >= 11 is 3.55. The van der Waals surface area contributed by atoms with Gasteiger partial charge in [0.15, 0.2) is 0 Å². The first-order valence-electron chi connectivity index (χ1n) is 7.62. The molecule has 2 atom stereocenters. The molecule has 1 aromatic carbocycles. The van der Waals surface area contributed by atoms with Crippen LogP contribution >= 0.6 is 15.9 Å². The Morgan fingerprint density at radius 3 is 2.96 bits per heavy atom. The van der Waals surface area contributed by atoms with Gasteiger partial charge in [0.25, 0.3) is 0 Å². The molecule has 0 bridgehead atoms. The van der Waals surface area contributed by atoms with Crippen LogP contribution in [0.1, 0.15) is 17.2 Å². The summed E-state index contributed by atoms with van der Waals surface area (Å²) in [7, 11) is 1.60. The molecule has 0 aliphatic carbocycles. The van der Waals surface area contributed by atoms with E-state index in [4.69, 9.17) is 9.15 Å². The van der Waals surface area contributed by atoms with Crippen LogP contribution in [0.4, 0.5) is 0 Å². The Balaban J connectivity index is 1.95. The highest BCUT2D eigenvalue weighted by molar-refractivity contribution is 9.10. The number of aliphatic imine (C=N–C) groups is 1. The topological polar surface area (TPSA) is 82.9 Å². The molecule has 4 rings (SSSR count). The number of nitrogens with zero attached hydrogens (tertiary/aromatic N) is 3. The van der Waals surface area contributed by atoms with Gasteiger partial charge in [0.05, 0.1) is 42.5 Å². The number of furan rings is 1. The van der Waals surface area contributed by atoms with Crippen LogP contribution in [0, 0.1) is 17.2 Å². The number of hydrogen-bond donors (Lipinski definition) is 1. The molecule has 6 nitrogen and oxygen atoms in total. The maximum atomic E-state index is 9.90. The number of methoxy groups -OCH3 is 1. The molecule has 25 heavy (non-hydrogen) atoms. The van der Waals surface area contributed by atoms with Gasteiger partial charge in [0.2, 0.25) is 0 Å². The Morgan fingerprint density at radius 1 is 1.36 bits per heavy atom. The minimum Gasteiger partial charge on any atom is -0.497 e. The second-order valence-electron chi connectivity index (χ2n) is 5.63. The first kappa shape index (κ1) is 15.7. The Labute approximate surface area is 152 Å². The molecule has 0 spiro atoms. The highest BCUT2D eigenvalue weighted by Crippen LogP contribution is 2.43. The third-order valence-corrected chi connectivity index (χ3v) is 4.98. The van der Waals surface area contributed by atoms with Crippen molar-refractivity contribution in [2.75, 3.05) is 7.11 Å². The molecule has 3 heterocycles. The zero-order valence-electron chi connectivity index (χ0n) is 13.2. The van der Waals surface area contributed by atoms with Gasteiger partial charge in [-0.2, -0.15) is 10.4 Å². The van der Waals surface area contributed by atoms with Gasteiger partial charge in [-0.15, -0.1) is 0 Å². The predicted octanol–water partition coefficient (Wildman–Crippen LogP) is 3.69. The average molecular weight is 397 g/mol. The number of amidine groups is 1. The van der Waals surface area contributed by atoms with Crippen molar-refractivity contribution in [3.63, 3.8) is 0 Å². The first-order chi connectivity index (χ1) is 12.2. The summed E-state index contributed by atoms with van der Waals surface area (Å²) < 4.78 is 11.8. The second-order valence-corrected chi connectivity index (χ2v) is 6.48. The zero-order chi connectivity index (χ0) is 17.4. The van der Waals surface area contributed by atoms with Crippen LogP contribution in [-0.2, 0) is 0 Å². The molecule has 7 heteroatoms. The molecular formula is C18H13BrN4O2. The third-order valence-electron chi connectivity index (χ3n) is 4.29. The van der Waals surface area contributed by atoms with Crippen molar-refractivity contribution in [3.8, 4) is 11.8 Å². The number of hydrogen-bond acceptors (Lipinski definition) is 6. The summed E-state index contributed by atoms with van der Waals surface area (Å²) in [4.78, 5) is 4.67. The first-order valence-corrected chi connectivity index (χ1v) is 8.41. The van der Waals surface area contributed by atoms with Gasteiger partial charge in [-0.1, -0.05) is 15.9 Å². The fraction of sp³-hybridized carbons (Fsp3) is 0.167. The molecule has 0 amide bonds. The van der Waals surface area contributed by atoms with Gasteiger partial charge in [-0.3, -0.25) is 5.43 Å². The highest BCUT2D eigenvalue weighted by Gasteiger charge is 2.40. The summed E-state index contributed by atoms with van der Waals surface area (Å²) in [5.74, 6) is 1.68. The number of fused-ring (bicyclic) bond motifs is 1. The Morgan fingerprint density at radius 2 is 2.24 bits per heavy atom. The van der Waals surface area contributed by atoms with Crippen molar-refractivity contribution >= 4 is 33.7 Å². The van der Waals surface area contributed by atoms with Gasteiger partial charge in [-0.25, -0.2) is 4.99 Å². The molecule has 0 fully saturated rings. The van der Waals surface area contributed by atoms with Crippen molar-refractivity contribution in [1.82, 2.24) is 5.43 Å². The van der Waals surface area contributed by atoms with Crippen LogP contribution in [0.2, 0.25) is 0 Å². The normalized spacial score (nSPS) is 21.4. The van der Waals surface area contributed by atoms with Crippen molar-refractivity contribution in [1.29, 1.82) is 5.26 Å². The fourth-order valence-corrected chi connectivity index (χ4v) is 3.54. The van der Waals surface area contributed by atoms with E-state index < -0.39 is 0 Å². The highest BCUT2D eigenvalue weighted by atomic mass is 79.9. The number of hydrazone groups is 1. The Kier molecular flexibility index (Phi) is 3.90. The van der Waals surface area contributed by atoms with Crippen LogP contribution in [0.5, 0.6) is 5.75 Å². The lowest BCUT2D eigenvalue weighted by atomic mass is 9.80. The molecule has 1 aromatic heterocycles. The molecule has 1 N–H and O–H groups in total. The summed E-state index contributed by atoms with van der Waals surface area (Å²) in [6.45, 7) is 0. The van der Waals surface area contributed by atoms with Gasteiger partial charge >= 0.3 is 0 Å². The summed E-state index contributed by atoms with van der Waals surface area (Å²) in [5.41, 5.74) is 4.83. The van der Waals surface area contributed by atoms with Gasteiger partial charge in [0, 0.05) is 16.3 Å². The third kappa shape index (κ3) is 2.55. The van der Waals surface area contributed by atoms with E-state index in [0.29, 0.717) is 28.6 Å². The molecule has 2 unspecified atom stereocenters. The van der Waals surface area contributed by atoms with Crippen LogP contribution in [0.3, 0.4) is 0 Å². The maximum Gasteiger partial charge on any atom is 0.132 e. The second kappa shape index (κ2) is 6.22. The number of nitriles is 1. The standard InChI is InChI=1S/C18H13BrN4O2/c1-24-10-4-5-14(19)11(7-10)17-12(8-20)16(15-3-2-6-25-15)13-9-21-23-18(13)22-17/h2-7,9,13,16H,1H3,(H,22,23). The van der Waals surface area contributed by atoms with Crippen LogP contribution < -0.4 is 10.2 Å². The van der Waals surface area contributed by atoms with E-state index >= 15 is 0 Å². The lowest BCUT2D eigenvalue weighted by molar-refractivity contribution is 0.414. The molecule has 0 saturated heterocycles. The van der Waals surface area contributed by atoms with Crippen molar-refractivity contribution in [3.05, 3.63) is 58.0 Å². The van der Waals surface area contributed by atoms with E-state index in [1.165, 1.54) is 0 Å². The molecule has 0 saturated carbocycles. The average Bonchev–Trinajstić information content (AvgIpc) is 3.32. The fourth-order valence-electron chi connectivity index (χ4n) is 3.11.